The van der Waals surface area contributed by atoms with Gasteiger partial charge in [0, 0.05) is 12.0 Å². The average Bonchev–Trinajstić information content (AvgIpc) is 2.08. The summed E-state index contributed by atoms with van der Waals surface area (Å²) in [6.45, 7) is 7.78. The third kappa shape index (κ3) is 3.86. The van der Waals surface area contributed by atoms with Crippen molar-refractivity contribution in [2.75, 3.05) is 5.32 Å². The summed E-state index contributed by atoms with van der Waals surface area (Å²) in [6, 6.07) is 5.63. The summed E-state index contributed by atoms with van der Waals surface area (Å²) in [6.07, 6.45) is 0.416. The molecule has 0 aliphatic heterocycles. The van der Waals surface area contributed by atoms with Crippen molar-refractivity contribution in [3.05, 3.63) is 28.8 Å². The maximum absolute atomic E-state index is 11.2. The van der Waals surface area contributed by atoms with E-state index in [1.807, 2.05) is 18.2 Å². The minimum absolute atomic E-state index is 0.0729. The zero-order valence-corrected chi connectivity index (χ0v) is 11.0. The highest BCUT2D eigenvalue weighted by Gasteiger charge is 2.15. The van der Waals surface area contributed by atoms with Gasteiger partial charge in [-0.3, -0.25) is 4.79 Å². The Morgan fingerprint density at radius 1 is 1.38 bits per heavy atom. The minimum Gasteiger partial charge on any atom is -0.379 e. The molecule has 1 N–H and O–H groups in total. The van der Waals surface area contributed by atoms with Crippen molar-refractivity contribution in [2.24, 2.45) is 0 Å². The van der Waals surface area contributed by atoms with Crippen molar-refractivity contribution in [3.63, 3.8) is 0 Å². The van der Waals surface area contributed by atoms with Crippen molar-refractivity contribution in [3.8, 4) is 0 Å². The molecule has 0 radical (unpaired) electrons. The number of anilines is 1. The van der Waals surface area contributed by atoms with E-state index in [1.165, 1.54) is 0 Å². The standard InChI is InChI=1S/C13H18ClNO/c1-9(16)8-10-6-5-7-11(14)12(10)15-13(2,3)4/h5-7,15H,8H2,1-4H3. The maximum atomic E-state index is 11.2. The SMILES string of the molecule is CC(=O)Cc1cccc(Cl)c1NC(C)(C)C. The Kier molecular flexibility index (Phi) is 3.98. The van der Waals surface area contributed by atoms with E-state index in [0.717, 1.165) is 11.3 Å². The van der Waals surface area contributed by atoms with Crippen LogP contribution in [0.25, 0.3) is 0 Å². The molecule has 0 fully saturated rings. The summed E-state index contributed by atoms with van der Waals surface area (Å²) in [7, 11) is 0. The summed E-state index contributed by atoms with van der Waals surface area (Å²) in [4.78, 5) is 11.2. The van der Waals surface area contributed by atoms with Gasteiger partial charge in [-0.05, 0) is 39.3 Å². The smallest absolute Gasteiger partial charge is 0.134 e. The van der Waals surface area contributed by atoms with Crippen molar-refractivity contribution >= 4 is 23.1 Å². The second-order valence-electron chi connectivity index (χ2n) is 5.03. The predicted octanol–water partition coefficient (Wildman–Crippen LogP) is 3.68. The summed E-state index contributed by atoms with van der Waals surface area (Å²) in [5.41, 5.74) is 1.75. The van der Waals surface area contributed by atoms with E-state index < -0.39 is 0 Å². The van der Waals surface area contributed by atoms with Crippen LogP contribution in [-0.4, -0.2) is 11.3 Å². The van der Waals surface area contributed by atoms with Crippen molar-refractivity contribution in [2.45, 2.75) is 39.7 Å². The largest absolute Gasteiger partial charge is 0.379 e. The van der Waals surface area contributed by atoms with Crippen molar-refractivity contribution in [1.29, 1.82) is 0 Å². The molecular formula is C13H18ClNO. The topological polar surface area (TPSA) is 29.1 Å². The zero-order valence-electron chi connectivity index (χ0n) is 10.2. The van der Waals surface area contributed by atoms with E-state index in [4.69, 9.17) is 11.6 Å². The van der Waals surface area contributed by atoms with Gasteiger partial charge in [0.15, 0.2) is 0 Å². The first-order valence-corrected chi connectivity index (χ1v) is 5.72. The molecule has 1 aromatic carbocycles. The van der Waals surface area contributed by atoms with Gasteiger partial charge in [-0.2, -0.15) is 0 Å². The van der Waals surface area contributed by atoms with E-state index in [2.05, 4.69) is 26.1 Å². The van der Waals surface area contributed by atoms with Gasteiger partial charge < -0.3 is 5.32 Å². The minimum atomic E-state index is -0.0729. The Labute approximate surface area is 102 Å². The van der Waals surface area contributed by atoms with Gasteiger partial charge in [0.2, 0.25) is 0 Å². The zero-order chi connectivity index (χ0) is 12.3. The van der Waals surface area contributed by atoms with E-state index in [0.29, 0.717) is 11.4 Å². The molecule has 0 bridgehead atoms. The highest BCUT2D eigenvalue weighted by Crippen LogP contribution is 2.29. The third-order valence-corrected chi connectivity index (χ3v) is 2.35. The van der Waals surface area contributed by atoms with Gasteiger partial charge in [0.05, 0.1) is 10.7 Å². The number of hydrogen-bond acceptors (Lipinski definition) is 2. The van der Waals surface area contributed by atoms with Crippen LogP contribution in [0, 0.1) is 0 Å². The molecule has 0 saturated heterocycles. The fourth-order valence-corrected chi connectivity index (χ4v) is 1.74. The van der Waals surface area contributed by atoms with Gasteiger partial charge in [-0.15, -0.1) is 0 Å². The monoisotopic (exact) mass is 239 g/mol. The second kappa shape index (κ2) is 4.88. The number of para-hydroxylation sites is 1. The summed E-state index contributed by atoms with van der Waals surface area (Å²) in [5, 5.41) is 4.00. The summed E-state index contributed by atoms with van der Waals surface area (Å²) >= 11 is 6.15. The highest BCUT2D eigenvalue weighted by molar-refractivity contribution is 6.33. The molecule has 0 saturated carbocycles. The lowest BCUT2D eigenvalue weighted by atomic mass is 10.0. The quantitative estimate of drug-likeness (QED) is 0.872. The number of carbonyl (C=O) groups is 1. The highest BCUT2D eigenvalue weighted by atomic mass is 35.5. The van der Waals surface area contributed by atoms with Gasteiger partial charge in [0.1, 0.15) is 5.78 Å². The Morgan fingerprint density at radius 2 is 2.00 bits per heavy atom. The first kappa shape index (κ1) is 13.0. The normalized spacial score (nSPS) is 11.3. The average molecular weight is 240 g/mol. The number of nitrogens with one attached hydrogen (secondary N) is 1. The molecule has 0 aliphatic carbocycles. The van der Waals surface area contributed by atoms with Crippen LogP contribution in [0.1, 0.15) is 33.3 Å². The second-order valence-corrected chi connectivity index (χ2v) is 5.43. The molecule has 0 heterocycles. The molecule has 0 aliphatic rings. The molecule has 0 aromatic heterocycles. The molecule has 0 atom stereocenters. The first-order valence-electron chi connectivity index (χ1n) is 5.34. The Bertz CT molecular complexity index is 393. The van der Waals surface area contributed by atoms with Crippen LogP contribution in [0.3, 0.4) is 0 Å². The molecule has 2 nitrogen and oxygen atoms in total. The van der Waals surface area contributed by atoms with E-state index in [1.54, 1.807) is 6.92 Å². The van der Waals surface area contributed by atoms with Crippen LogP contribution in [-0.2, 0) is 11.2 Å². The van der Waals surface area contributed by atoms with Crippen LogP contribution in [0.5, 0.6) is 0 Å². The van der Waals surface area contributed by atoms with Crippen LogP contribution in [0.15, 0.2) is 18.2 Å². The number of ketones is 1. The number of halogens is 1. The van der Waals surface area contributed by atoms with E-state index >= 15 is 0 Å². The molecule has 0 amide bonds. The summed E-state index contributed by atoms with van der Waals surface area (Å²) in [5.74, 6) is 0.138. The van der Waals surface area contributed by atoms with Gasteiger partial charge in [-0.1, -0.05) is 23.7 Å². The molecule has 1 rings (SSSR count). The molecule has 3 heteroatoms. The molecule has 0 spiro atoms. The van der Waals surface area contributed by atoms with Gasteiger partial charge in [-0.25, -0.2) is 0 Å². The third-order valence-electron chi connectivity index (χ3n) is 2.04. The van der Waals surface area contributed by atoms with E-state index in [-0.39, 0.29) is 11.3 Å². The molecule has 16 heavy (non-hydrogen) atoms. The lowest BCUT2D eigenvalue weighted by Gasteiger charge is -2.25. The van der Waals surface area contributed by atoms with Crippen LogP contribution >= 0.6 is 11.6 Å². The number of rotatable bonds is 3. The number of Topliss-reactive ketones (excluding diaryl/α,β-unsaturated/α-hetero) is 1. The molecular weight excluding hydrogens is 222 g/mol. The first-order chi connectivity index (χ1) is 7.29. The predicted molar refractivity (Wildman–Crippen MR) is 69.2 cm³/mol. The van der Waals surface area contributed by atoms with Crippen LogP contribution < -0.4 is 5.32 Å². The number of benzene rings is 1. The van der Waals surface area contributed by atoms with E-state index in [9.17, 15) is 4.79 Å². The van der Waals surface area contributed by atoms with Crippen LogP contribution in [0.2, 0.25) is 5.02 Å². The lowest BCUT2D eigenvalue weighted by Crippen LogP contribution is -2.27. The van der Waals surface area contributed by atoms with Gasteiger partial charge in [0.25, 0.3) is 0 Å². The number of hydrogen-bond donors (Lipinski definition) is 1. The molecule has 1 aromatic rings. The van der Waals surface area contributed by atoms with Crippen molar-refractivity contribution < 1.29 is 4.79 Å². The maximum Gasteiger partial charge on any atom is 0.134 e. The molecule has 88 valence electrons. The fourth-order valence-electron chi connectivity index (χ4n) is 1.50. The summed E-state index contributed by atoms with van der Waals surface area (Å²) < 4.78 is 0. The Morgan fingerprint density at radius 3 is 2.50 bits per heavy atom. The molecule has 0 unspecified atom stereocenters. The number of carbonyl (C=O) groups excluding carboxylic acids is 1. The van der Waals surface area contributed by atoms with Crippen molar-refractivity contribution in [1.82, 2.24) is 0 Å². The van der Waals surface area contributed by atoms with Crippen LogP contribution in [0.4, 0.5) is 5.69 Å². The Balaban J connectivity index is 3.08. The van der Waals surface area contributed by atoms with Gasteiger partial charge >= 0.3 is 0 Å². The lowest BCUT2D eigenvalue weighted by molar-refractivity contribution is -0.116. The Hall–Kier alpha value is -1.02. The fraction of sp³-hybridized carbons (Fsp3) is 0.462.